The SMILES string of the molecule is CCCC(C)(C)NC(=O)c1cc(C)nc(N)c1. The molecule has 0 atom stereocenters. The summed E-state index contributed by atoms with van der Waals surface area (Å²) in [6, 6.07) is 3.35. The van der Waals surface area contributed by atoms with Gasteiger partial charge in [-0.25, -0.2) is 4.98 Å². The van der Waals surface area contributed by atoms with Gasteiger partial charge in [0, 0.05) is 16.8 Å². The highest BCUT2D eigenvalue weighted by Gasteiger charge is 2.20. The molecule has 1 aromatic rings. The van der Waals surface area contributed by atoms with Gasteiger partial charge in [-0.1, -0.05) is 13.3 Å². The number of nitrogen functional groups attached to an aromatic ring is 1. The number of amides is 1. The lowest BCUT2D eigenvalue weighted by Gasteiger charge is -2.25. The zero-order valence-electron chi connectivity index (χ0n) is 11.0. The van der Waals surface area contributed by atoms with Gasteiger partial charge in [0.25, 0.3) is 5.91 Å². The van der Waals surface area contributed by atoms with E-state index in [1.165, 1.54) is 0 Å². The second-order valence-corrected chi connectivity index (χ2v) is 5.01. The standard InChI is InChI=1S/C13H21N3O/c1-5-6-13(3,4)16-12(17)10-7-9(2)15-11(14)8-10/h7-8H,5-6H2,1-4H3,(H2,14,15)(H,16,17). The van der Waals surface area contributed by atoms with Crippen molar-refractivity contribution in [1.29, 1.82) is 0 Å². The molecule has 0 saturated heterocycles. The smallest absolute Gasteiger partial charge is 0.251 e. The molecular formula is C13H21N3O. The highest BCUT2D eigenvalue weighted by Crippen LogP contribution is 2.13. The number of aryl methyl sites for hydroxylation is 1. The number of carbonyl (C=O) groups excluding carboxylic acids is 1. The molecule has 94 valence electrons. The Morgan fingerprint density at radius 1 is 1.47 bits per heavy atom. The quantitative estimate of drug-likeness (QED) is 0.841. The first-order chi connectivity index (χ1) is 7.84. The number of rotatable bonds is 4. The number of pyridine rings is 1. The topological polar surface area (TPSA) is 68.0 Å². The zero-order chi connectivity index (χ0) is 13.1. The number of hydrogen-bond donors (Lipinski definition) is 2. The number of hydrogen-bond acceptors (Lipinski definition) is 3. The summed E-state index contributed by atoms with van der Waals surface area (Å²) in [6.45, 7) is 7.96. The van der Waals surface area contributed by atoms with Gasteiger partial charge in [0.15, 0.2) is 0 Å². The molecule has 1 amide bonds. The molecule has 0 aliphatic heterocycles. The molecule has 1 heterocycles. The van der Waals surface area contributed by atoms with E-state index in [1.54, 1.807) is 12.1 Å². The van der Waals surface area contributed by atoms with E-state index in [4.69, 9.17) is 5.73 Å². The van der Waals surface area contributed by atoms with Crippen LogP contribution in [0, 0.1) is 6.92 Å². The summed E-state index contributed by atoms with van der Waals surface area (Å²) in [4.78, 5) is 16.1. The Morgan fingerprint density at radius 3 is 2.65 bits per heavy atom. The molecular weight excluding hydrogens is 214 g/mol. The molecule has 1 rings (SSSR count). The molecule has 0 saturated carbocycles. The van der Waals surface area contributed by atoms with Crippen molar-refractivity contribution >= 4 is 11.7 Å². The Labute approximate surface area is 103 Å². The molecule has 4 heteroatoms. The third kappa shape index (κ3) is 4.06. The minimum Gasteiger partial charge on any atom is -0.384 e. The first-order valence-corrected chi connectivity index (χ1v) is 5.91. The Balaban J connectivity index is 2.83. The number of anilines is 1. The third-order valence-electron chi connectivity index (χ3n) is 2.56. The number of carbonyl (C=O) groups is 1. The maximum Gasteiger partial charge on any atom is 0.251 e. The summed E-state index contributed by atoms with van der Waals surface area (Å²) >= 11 is 0. The summed E-state index contributed by atoms with van der Waals surface area (Å²) in [5.41, 5.74) is 6.75. The lowest BCUT2D eigenvalue weighted by atomic mass is 9.98. The average molecular weight is 235 g/mol. The van der Waals surface area contributed by atoms with E-state index in [2.05, 4.69) is 17.2 Å². The largest absolute Gasteiger partial charge is 0.384 e. The van der Waals surface area contributed by atoms with E-state index >= 15 is 0 Å². The van der Waals surface area contributed by atoms with Gasteiger partial charge in [-0.05, 0) is 39.3 Å². The summed E-state index contributed by atoms with van der Waals surface area (Å²) in [6.07, 6.45) is 1.98. The molecule has 0 radical (unpaired) electrons. The van der Waals surface area contributed by atoms with Crippen LogP contribution >= 0.6 is 0 Å². The first kappa shape index (κ1) is 13.5. The fraction of sp³-hybridized carbons (Fsp3) is 0.538. The van der Waals surface area contributed by atoms with Crippen LogP contribution in [0.3, 0.4) is 0 Å². The van der Waals surface area contributed by atoms with Crippen molar-refractivity contribution < 1.29 is 4.79 Å². The Morgan fingerprint density at radius 2 is 2.12 bits per heavy atom. The van der Waals surface area contributed by atoms with E-state index in [0.29, 0.717) is 11.4 Å². The lowest BCUT2D eigenvalue weighted by Crippen LogP contribution is -2.43. The predicted octanol–water partition coefficient (Wildman–Crippen LogP) is 2.28. The van der Waals surface area contributed by atoms with Crippen LogP contribution in [0.15, 0.2) is 12.1 Å². The molecule has 17 heavy (non-hydrogen) atoms. The van der Waals surface area contributed by atoms with Gasteiger partial charge in [0.05, 0.1) is 0 Å². The van der Waals surface area contributed by atoms with E-state index in [-0.39, 0.29) is 11.4 Å². The molecule has 3 N–H and O–H groups in total. The van der Waals surface area contributed by atoms with E-state index in [9.17, 15) is 4.79 Å². The number of nitrogens with zero attached hydrogens (tertiary/aromatic N) is 1. The minimum absolute atomic E-state index is 0.0966. The minimum atomic E-state index is -0.197. The van der Waals surface area contributed by atoms with Gasteiger partial charge in [0.2, 0.25) is 0 Å². The average Bonchev–Trinajstić information content (AvgIpc) is 2.14. The highest BCUT2D eigenvalue weighted by molar-refractivity contribution is 5.95. The van der Waals surface area contributed by atoms with Crippen LogP contribution in [0.2, 0.25) is 0 Å². The molecule has 1 aromatic heterocycles. The van der Waals surface area contributed by atoms with Crippen LogP contribution in [0.5, 0.6) is 0 Å². The van der Waals surface area contributed by atoms with E-state index in [1.807, 2.05) is 20.8 Å². The molecule has 4 nitrogen and oxygen atoms in total. The first-order valence-electron chi connectivity index (χ1n) is 5.91. The van der Waals surface area contributed by atoms with Gasteiger partial charge in [0.1, 0.15) is 5.82 Å². The second-order valence-electron chi connectivity index (χ2n) is 5.01. The van der Waals surface area contributed by atoms with Crippen LogP contribution in [0.25, 0.3) is 0 Å². The molecule has 0 aliphatic carbocycles. The van der Waals surface area contributed by atoms with E-state index in [0.717, 1.165) is 18.5 Å². The van der Waals surface area contributed by atoms with Crippen LogP contribution < -0.4 is 11.1 Å². The van der Waals surface area contributed by atoms with Crippen LogP contribution in [0.4, 0.5) is 5.82 Å². The van der Waals surface area contributed by atoms with Crippen molar-refractivity contribution in [3.8, 4) is 0 Å². The van der Waals surface area contributed by atoms with Gasteiger partial charge >= 0.3 is 0 Å². The lowest BCUT2D eigenvalue weighted by molar-refractivity contribution is 0.0909. The normalized spacial score (nSPS) is 11.3. The Bertz CT molecular complexity index is 393. The van der Waals surface area contributed by atoms with Crippen molar-refractivity contribution in [2.75, 3.05) is 5.73 Å². The fourth-order valence-electron chi connectivity index (χ4n) is 1.89. The number of aromatic nitrogens is 1. The second kappa shape index (κ2) is 5.17. The van der Waals surface area contributed by atoms with E-state index < -0.39 is 0 Å². The van der Waals surface area contributed by atoms with Crippen molar-refractivity contribution in [3.63, 3.8) is 0 Å². The fourth-order valence-corrected chi connectivity index (χ4v) is 1.89. The zero-order valence-corrected chi connectivity index (χ0v) is 11.0. The summed E-state index contributed by atoms with van der Waals surface area (Å²) < 4.78 is 0. The van der Waals surface area contributed by atoms with Gasteiger partial charge in [-0.3, -0.25) is 4.79 Å². The van der Waals surface area contributed by atoms with Crippen LogP contribution in [-0.2, 0) is 0 Å². The summed E-state index contributed by atoms with van der Waals surface area (Å²) in [5.74, 6) is 0.282. The van der Waals surface area contributed by atoms with Crippen molar-refractivity contribution in [2.24, 2.45) is 0 Å². The Hall–Kier alpha value is -1.58. The van der Waals surface area contributed by atoms with Crippen LogP contribution in [0.1, 0.15) is 49.7 Å². The molecule has 0 spiro atoms. The maximum absolute atomic E-state index is 12.0. The number of nitrogens with two attached hydrogens (primary N) is 1. The molecule has 0 fully saturated rings. The van der Waals surface area contributed by atoms with Crippen LogP contribution in [-0.4, -0.2) is 16.4 Å². The summed E-state index contributed by atoms with van der Waals surface area (Å²) in [5, 5.41) is 3.01. The van der Waals surface area contributed by atoms with Crippen molar-refractivity contribution in [1.82, 2.24) is 10.3 Å². The predicted molar refractivity (Wildman–Crippen MR) is 69.8 cm³/mol. The van der Waals surface area contributed by atoms with Gasteiger partial charge in [-0.2, -0.15) is 0 Å². The molecule has 0 aliphatic rings. The third-order valence-corrected chi connectivity index (χ3v) is 2.56. The highest BCUT2D eigenvalue weighted by atomic mass is 16.1. The van der Waals surface area contributed by atoms with Crippen molar-refractivity contribution in [2.45, 2.75) is 46.1 Å². The molecule has 0 unspecified atom stereocenters. The monoisotopic (exact) mass is 235 g/mol. The summed E-state index contributed by atoms with van der Waals surface area (Å²) in [7, 11) is 0. The maximum atomic E-state index is 12.0. The Kier molecular flexibility index (Phi) is 4.10. The number of nitrogens with one attached hydrogen (secondary N) is 1. The molecule has 0 aromatic carbocycles. The molecule has 0 bridgehead atoms. The van der Waals surface area contributed by atoms with Crippen molar-refractivity contribution in [3.05, 3.63) is 23.4 Å². The van der Waals surface area contributed by atoms with Gasteiger partial charge < -0.3 is 11.1 Å². The van der Waals surface area contributed by atoms with Gasteiger partial charge in [-0.15, -0.1) is 0 Å².